The van der Waals surface area contributed by atoms with Gasteiger partial charge in [0.05, 0.1) is 19.1 Å². The Morgan fingerprint density at radius 2 is 1.77 bits per heavy atom. The van der Waals surface area contributed by atoms with E-state index in [-0.39, 0.29) is 17.2 Å². The van der Waals surface area contributed by atoms with Crippen LogP contribution >= 0.6 is 0 Å². The second-order valence-electron chi connectivity index (χ2n) is 11.1. The Morgan fingerprint density at radius 1 is 1.00 bits per heavy atom. The zero-order valence-corrected chi connectivity index (χ0v) is 24.7. The van der Waals surface area contributed by atoms with E-state index < -0.39 is 22.5 Å². The van der Waals surface area contributed by atoms with E-state index in [1.54, 1.807) is 37.4 Å². The van der Waals surface area contributed by atoms with Gasteiger partial charge >= 0.3 is 6.61 Å². The first-order valence-electron chi connectivity index (χ1n) is 14.2. The number of nitrogens with one attached hydrogen (secondary N) is 1. The molecule has 1 amide bonds. The molecule has 0 saturated heterocycles. The Balaban J connectivity index is 1.64. The molecule has 1 aromatic heterocycles. The highest BCUT2D eigenvalue weighted by atomic mass is 32.2. The van der Waals surface area contributed by atoms with E-state index in [0.717, 1.165) is 65.2 Å². The third kappa shape index (κ3) is 5.76. The number of para-hydroxylation sites is 1. The second-order valence-corrected chi connectivity index (χ2v) is 12.9. The maximum Gasteiger partial charge on any atom is 0.387 e. The van der Waals surface area contributed by atoms with Gasteiger partial charge in [0.15, 0.2) is 0 Å². The smallest absolute Gasteiger partial charge is 0.387 e. The topological polar surface area (TPSA) is 86.6 Å². The lowest BCUT2D eigenvalue weighted by molar-refractivity contribution is -0.0500. The molecule has 0 unspecified atom stereocenters. The molecule has 10 heteroatoms. The molecule has 1 saturated carbocycles. The maximum atomic E-state index is 13.4. The lowest BCUT2D eigenvalue weighted by Gasteiger charge is -2.24. The van der Waals surface area contributed by atoms with Gasteiger partial charge in [0.2, 0.25) is 10.0 Å². The van der Waals surface area contributed by atoms with Crippen molar-refractivity contribution in [2.75, 3.05) is 13.4 Å². The average Bonchev–Trinajstić information content (AvgIpc) is 3.19. The van der Waals surface area contributed by atoms with Gasteiger partial charge in [-0.25, -0.2) is 13.1 Å². The van der Waals surface area contributed by atoms with E-state index >= 15 is 0 Å². The van der Waals surface area contributed by atoms with Crippen LogP contribution in [0.4, 0.5) is 8.78 Å². The number of benzene rings is 3. The Morgan fingerprint density at radius 3 is 2.49 bits per heavy atom. The number of hydrogen-bond acceptors (Lipinski definition) is 5. The number of amides is 1. The number of sulfonamides is 1. The van der Waals surface area contributed by atoms with Crippen molar-refractivity contribution in [1.29, 1.82) is 0 Å². The summed E-state index contributed by atoms with van der Waals surface area (Å²) in [6, 6.07) is 17.9. The van der Waals surface area contributed by atoms with Crippen LogP contribution in [0.1, 0.15) is 65.1 Å². The lowest BCUT2D eigenvalue weighted by atomic mass is 9.81. The van der Waals surface area contributed by atoms with Gasteiger partial charge in [-0.05, 0) is 77.9 Å². The van der Waals surface area contributed by atoms with Crippen molar-refractivity contribution in [3.63, 3.8) is 0 Å². The molecule has 0 radical (unpaired) electrons. The highest BCUT2D eigenvalue weighted by molar-refractivity contribution is 7.89. The molecule has 7 nitrogen and oxygen atoms in total. The Hall–Kier alpha value is -4.18. The quantitative estimate of drug-likeness (QED) is 0.240. The van der Waals surface area contributed by atoms with Gasteiger partial charge in [0.1, 0.15) is 11.5 Å². The molecule has 43 heavy (non-hydrogen) atoms. The molecule has 1 N–H and O–H groups in total. The fourth-order valence-corrected chi connectivity index (χ4v) is 6.96. The van der Waals surface area contributed by atoms with Gasteiger partial charge < -0.3 is 14.0 Å². The number of hydrogen-bond donors (Lipinski definition) is 1. The lowest BCUT2D eigenvalue weighted by Crippen LogP contribution is -2.29. The number of fused-ring (bicyclic) bond motifs is 5. The van der Waals surface area contributed by atoms with Crippen molar-refractivity contribution in [3.05, 3.63) is 82.9 Å². The number of alkyl halides is 2. The first-order chi connectivity index (χ1) is 20.6. The van der Waals surface area contributed by atoms with E-state index in [0.29, 0.717) is 17.9 Å². The molecular formula is C33H32F2N2O5S. The zero-order chi connectivity index (χ0) is 30.3. The van der Waals surface area contributed by atoms with E-state index in [1.165, 1.54) is 18.1 Å². The van der Waals surface area contributed by atoms with Crippen LogP contribution in [0.15, 0.2) is 60.7 Å². The third-order valence-electron chi connectivity index (χ3n) is 8.28. The number of halogens is 2. The molecule has 1 fully saturated rings. The summed E-state index contributed by atoms with van der Waals surface area (Å²) in [7, 11) is -2.17. The van der Waals surface area contributed by atoms with Crippen molar-refractivity contribution in [2.45, 2.75) is 51.2 Å². The van der Waals surface area contributed by atoms with Crippen LogP contribution in [0.3, 0.4) is 0 Å². The zero-order valence-electron chi connectivity index (χ0n) is 23.9. The Labute approximate surface area is 249 Å². The SMILES string of the molecule is COc1ccc2c(c1)C=C(c1ccccc1OC(F)F)Cn1c-2c(C2CCCCC2)c2ccc(C(=O)NS(C)(=O)=O)cc21. The number of nitrogens with zero attached hydrogens (tertiary/aromatic N) is 1. The van der Waals surface area contributed by atoms with Crippen LogP contribution in [0.2, 0.25) is 0 Å². The number of methoxy groups -OCH3 is 1. The van der Waals surface area contributed by atoms with Crippen LogP contribution in [0.5, 0.6) is 11.5 Å². The summed E-state index contributed by atoms with van der Waals surface area (Å²) < 4.78 is 65.2. The largest absolute Gasteiger partial charge is 0.497 e. The first kappa shape index (κ1) is 28.9. The van der Waals surface area contributed by atoms with Crippen molar-refractivity contribution in [3.8, 4) is 22.8 Å². The van der Waals surface area contributed by atoms with Crippen molar-refractivity contribution in [2.24, 2.45) is 0 Å². The van der Waals surface area contributed by atoms with Crippen LogP contribution in [0.25, 0.3) is 33.8 Å². The van der Waals surface area contributed by atoms with Gasteiger partial charge in [-0.3, -0.25) is 4.79 Å². The molecular weight excluding hydrogens is 574 g/mol. The predicted molar refractivity (Wildman–Crippen MR) is 163 cm³/mol. The van der Waals surface area contributed by atoms with Gasteiger partial charge in [-0.1, -0.05) is 43.5 Å². The van der Waals surface area contributed by atoms with Crippen LogP contribution in [-0.4, -0.2) is 38.9 Å². The molecule has 2 heterocycles. The maximum absolute atomic E-state index is 13.4. The summed E-state index contributed by atoms with van der Waals surface area (Å²) in [6.07, 6.45) is 8.38. The van der Waals surface area contributed by atoms with Gasteiger partial charge in [-0.2, -0.15) is 8.78 Å². The minimum absolute atomic E-state index is 0.0637. The normalized spacial score (nSPS) is 15.4. The van der Waals surface area contributed by atoms with Crippen molar-refractivity contribution >= 4 is 38.5 Å². The summed E-state index contributed by atoms with van der Waals surface area (Å²) in [5, 5.41) is 0.984. The molecule has 1 aliphatic carbocycles. The van der Waals surface area contributed by atoms with Crippen LogP contribution < -0.4 is 14.2 Å². The minimum atomic E-state index is -3.77. The molecule has 2 aliphatic rings. The van der Waals surface area contributed by atoms with E-state index in [2.05, 4.69) is 9.29 Å². The average molecular weight is 607 g/mol. The highest BCUT2D eigenvalue weighted by Crippen LogP contribution is 2.48. The van der Waals surface area contributed by atoms with E-state index in [9.17, 15) is 22.0 Å². The second kappa shape index (κ2) is 11.5. The molecule has 4 aromatic rings. The summed E-state index contributed by atoms with van der Waals surface area (Å²) in [4.78, 5) is 12.9. The first-order valence-corrected chi connectivity index (χ1v) is 16.1. The summed E-state index contributed by atoms with van der Waals surface area (Å²) in [6.45, 7) is -2.69. The number of carbonyl (C=O) groups excluding carboxylic acids is 1. The number of aromatic nitrogens is 1. The fourth-order valence-electron chi connectivity index (χ4n) is 6.50. The summed E-state index contributed by atoms with van der Waals surface area (Å²) in [5.41, 5.74) is 6.25. The molecule has 224 valence electrons. The fraction of sp³-hybridized carbons (Fsp3) is 0.303. The molecule has 6 rings (SSSR count). The summed E-state index contributed by atoms with van der Waals surface area (Å²) in [5.74, 6) is 0.294. The molecule has 0 bridgehead atoms. The van der Waals surface area contributed by atoms with Gasteiger partial charge in [-0.15, -0.1) is 0 Å². The molecule has 1 aliphatic heterocycles. The van der Waals surface area contributed by atoms with Gasteiger partial charge in [0.25, 0.3) is 5.91 Å². The van der Waals surface area contributed by atoms with Crippen molar-refractivity contribution in [1.82, 2.24) is 9.29 Å². The highest BCUT2D eigenvalue weighted by Gasteiger charge is 2.30. The molecule has 3 aromatic carbocycles. The minimum Gasteiger partial charge on any atom is -0.497 e. The van der Waals surface area contributed by atoms with E-state index in [4.69, 9.17) is 9.47 Å². The molecule has 0 spiro atoms. The van der Waals surface area contributed by atoms with Crippen LogP contribution in [-0.2, 0) is 16.6 Å². The predicted octanol–water partition coefficient (Wildman–Crippen LogP) is 7.21. The Bertz CT molecular complexity index is 1860. The summed E-state index contributed by atoms with van der Waals surface area (Å²) >= 11 is 0. The number of allylic oxidation sites excluding steroid dienone is 1. The number of rotatable bonds is 7. The van der Waals surface area contributed by atoms with Crippen LogP contribution in [0, 0.1) is 0 Å². The number of ether oxygens (including phenoxy) is 2. The number of carbonyl (C=O) groups is 1. The monoisotopic (exact) mass is 606 g/mol. The molecule has 0 atom stereocenters. The third-order valence-corrected chi connectivity index (χ3v) is 8.83. The van der Waals surface area contributed by atoms with Crippen molar-refractivity contribution < 1.29 is 31.5 Å². The Kier molecular flexibility index (Phi) is 7.72. The van der Waals surface area contributed by atoms with E-state index in [1.807, 2.05) is 30.3 Å². The van der Waals surface area contributed by atoms with Gasteiger partial charge in [0, 0.05) is 34.1 Å². The standard InChI is InChI=1S/C33H32F2N2O5S/c1-41-24-13-15-26-22(17-24)16-23(25-10-6-7-11-29(25)42-33(34)35)19-37-28-18-21(32(38)36-43(2,39)40)12-14-27(28)30(31(26)37)20-8-4-3-5-9-20/h6-7,10-18,20,33H,3-5,8-9,19H2,1-2H3,(H,36,38).